The monoisotopic (exact) mass is 236 g/mol. The Bertz CT molecular complexity index is 483. The van der Waals surface area contributed by atoms with Crippen molar-refractivity contribution in [3.63, 3.8) is 0 Å². The molecule has 17 heavy (non-hydrogen) atoms. The molecule has 0 spiro atoms. The predicted octanol–water partition coefficient (Wildman–Crippen LogP) is 0.251. The molecule has 8 heteroatoms. The summed E-state index contributed by atoms with van der Waals surface area (Å²) in [5, 5.41) is 21.1. The summed E-state index contributed by atoms with van der Waals surface area (Å²) in [6.45, 7) is 4.57. The van der Waals surface area contributed by atoms with Crippen LogP contribution in [0.15, 0.2) is 0 Å². The van der Waals surface area contributed by atoms with Crippen molar-refractivity contribution in [3.8, 4) is 0 Å². The fourth-order valence-electron chi connectivity index (χ4n) is 1.62. The Morgan fingerprint density at radius 3 is 2.76 bits per heavy atom. The molecule has 0 unspecified atom stereocenters. The third-order valence-corrected chi connectivity index (χ3v) is 2.46. The fraction of sp³-hybridized carbons (Fsp3) is 0.556. The van der Waals surface area contributed by atoms with E-state index in [4.69, 9.17) is 5.73 Å². The number of nitrogens with zero attached hydrogens (tertiary/aromatic N) is 5. The van der Waals surface area contributed by atoms with Crippen molar-refractivity contribution in [2.75, 3.05) is 11.1 Å². The van der Waals surface area contributed by atoms with E-state index in [1.807, 2.05) is 7.05 Å². The number of anilines is 2. The number of hydrogen-bond acceptors (Lipinski definition) is 6. The first-order valence-corrected chi connectivity index (χ1v) is 5.38. The Morgan fingerprint density at radius 2 is 2.24 bits per heavy atom. The Hall–Kier alpha value is -2.12. The molecule has 2 aromatic heterocycles. The average molecular weight is 236 g/mol. The number of nitrogens with one attached hydrogen (secondary N) is 2. The van der Waals surface area contributed by atoms with E-state index in [1.165, 1.54) is 0 Å². The molecule has 4 N–H and O–H groups in total. The first-order valence-electron chi connectivity index (χ1n) is 5.38. The summed E-state index contributed by atoms with van der Waals surface area (Å²) >= 11 is 0. The van der Waals surface area contributed by atoms with Crippen molar-refractivity contribution in [2.24, 2.45) is 7.05 Å². The van der Waals surface area contributed by atoms with Gasteiger partial charge in [-0.05, 0) is 5.92 Å². The Labute approximate surface area is 98.6 Å². The Balaban J connectivity index is 2.15. The Kier molecular flexibility index (Phi) is 2.94. The number of aromatic amines is 1. The van der Waals surface area contributed by atoms with Crippen LogP contribution < -0.4 is 11.1 Å². The molecule has 0 aliphatic rings. The fourth-order valence-corrected chi connectivity index (χ4v) is 1.62. The van der Waals surface area contributed by atoms with Crippen molar-refractivity contribution in [2.45, 2.75) is 26.3 Å². The summed E-state index contributed by atoms with van der Waals surface area (Å²) in [6, 6.07) is 0. The molecule has 2 rings (SSSR count). The molecule has 0 saturated heterocycles. The van der Waals surface area contributed by atoms with Gasteiger partial charge in [0.05, 0.1) is 17.9 Å². The van der Waals surface area contributed by atoms with Crippen molar-refractivity contribution in [1.29, 1.82) is 0 Å². The molecule has 0 amide bonds. The van der Waals surface area contributed by atoms with E-state index >= 15 is 0 Å². The lowest BCUT2D eigenvalue weighted by molar-refractivity contribution is 0.714. The molecular weight excluding hydrogens is 220 g/mol. The minimum absolute atomic E-state index is 0.293. The highest BCUT2D eigenvalue weighted by Crippen LogP contribution is 2.27. The van der Waals surface area contributed by atoms with Gasteiger partial charge in [-0.2, -0.15) is 10.3 Å². The third kappa shape index (κ3) is 2.19. The van der Waals surface area contributed by atoms with Gasteiger partial charge in [-0.25, -0.2) is 0 Å². The van der Waals surface area contributed by atoms with Crippen molar-refractivity contribution in [1.82, 2.24) is 30.4 Å². The SMILES string of the molecule is CC(C)c1nn(C)c(NCc2nn[nH]n2)c1N. The van der Waals surface area contributed by atoms with Crippen LogP contribution in [0.5, 0.6) is 0 Å². The van der Waals surface area contributed by atoms with Gasteiger partial charge in [0.25, 0.3) is 0 Å². The van der Waals surface area contributed by atoms with E-state index in [2.05, 4.69) is 44.9 Å². The van der Waals surface area contributed by atoms with Crippen molar-refractivity contribution < 1.29 is 0 Å². The number of aryl methyl sites for hydroxylation is 1. The van der Waals surface area contributed by atoms with Crippen LogP contribution in [0.1, 0.15) is 31.3 Å². The van der Waals surface area contributed by atoms with Crippen LogP contribution in [0.4, 0.5) is 11.5 Å². The lowest BCUT2D eigenvalue weighted by Crippen LogP contribution is -2.07. The van der Waals surface area contributed by atoms with Gasteiger partial charge < -0.3 is 11.1 Å². The number of aromatic nitrogens is 6. The molecule has 0 fully saturated rings. The van der Waals surface area contributed by atoms with Gasteiger partial charge in [0.1, 0.15) is 5.82 Å². The largest absolute Gasteiger partial charge is 0.394 e. The molecule has 8 nitrogen and oxygen atoms in total. The topological polar surface area (TPSA) is 110 Å². The number of tetrazole rings is 1. The molecule has 0 aliphatic carbocycles. The lowest BCUT2D eigenvalue weighted by Gasteiger charge is -2.05. The summed E-state index contributed by atoms with van der Waals surface area (Å²) in [4.78, 5) is 0. The zero-order valence-corrected chi connectivity index (χ0v) is 10.1. The van der Waals surface area contributed by atoms with Gasteiger partial charge in [-0.1, -0.05) is 19.1 Å². The van der Waals surface area contributed by atoms with E-state index in [9.17, 15) is 0 Å². The number of rotatable bonds is 4. The van der Waals surface area contributed by atoms with Crippen LogP contribution >= 0.6 is 0 Å². The number of nitrogen functional groups attached to an aromatic ring is 1. The maximum atomic E-state index is 6.03. The van der Waals surface area contributed by atoms with E-state index < -0.39 is 0 Å². The summed E-state index contributed by atoms with van der Waals surface area (Å²) in [6.07, 6.45) is 0. The molecule has 0 radical (unpaired) electrons. The second-order valence-electron chi connectivity index (χ2n) is 4.11. The highest BCUT2D eigenvalue weighted by molar-refractivity contribution is 5.65. The van der Waals surface area contributed by atoms with Gasteiger partial charge in [0.15, 0.2) is 5.82 Å². The molecular formula is C9H16N8. The van der Waals surface area contributed by atoms with Crippen LogP contribution in [-0.4, -0.2) is 30.4 Å². The number of nitrogens with two attached hydrogens (primary N) is 1. The van der Waals surface area contributed by atoms with E-state index in [-0.39, 0.29) is 0 Å². The normalized spacial score (nSPS) is 11.1. The summed E-state index contributed by atoms with van der Waals surface area (Å²) in [7, 11) is 1.85. The van der Waals surface area contributed by atoms with E-state index in [0.29, 0.717) is 24.0 Å². The molecule has 0 aliphatic heterocycles. The quantitative estimate of drug-likeness (QED) is 0.701. The zero-order chi connectivity index (χ0) is 12.4. The first kappa shape index (κ1) is 11.4. The van der Waals surface area contributed by atoms with Crippen LogP contribution in [0, 0.1) is 0 Å². The predicted molar refractivity (Wildman–Crippen MR) is 63.2 cm³/mol. The van der Waals surface area contributed by atoms with Crippen LogP contribution in [0.3, 0.4) is 0 Å². The van der Waals surface area contributed by atoms with E-state index in [1.54, 1.807) is 4.68 Å². The van der Waals surface area contributed by atoms with Gasteiger partial charge in [0.2, 0.25) is 0 Å². The van der Waals surface area contributed by atoms with Gasteiger partial charge in [0, 0.05) is 7.05 Å². The average Bonchev–Trinajstić information content (AvgIpc) is 2.86. The van der Waals surface area contributed by atoms with Crippen molar-refractivity contribution >= 4 is 11.5 Å². The minimum atomic E-state index is 0.293. The van der Waals surface area contributed by atoms with Gasteiger partial charge in [-0.3, -0.25) is 4.68 Å². The highest BCUT2D eigenvalue weighted by atomic mass is 15.5. The Morgan fingerprint density at radius 1 is 1.47 bits per heavy atom. The molecule has 0 atom stereocenters. The number of H-pyrrole nitrogens is 1. The first-order chi connectivity index (χ1) is 8.09. The zero-order valence-electron chi connectivity index (χ0n) is 10.1. The lowest BCUT2D eigenvalue weighted by atomic mass is 10.1. The smallest absolute Gasteiger partial charge is 0.193 e. The van der Waals surface area contributed by atoms with Crippen LogP contribution in [0.25, 0.3) is 0 Å². The molecule has 0 saturated carbocycles. The maximum Gasteiger partial charge on any atom is 0.193 e. The number of hydrogen-bond donors (Lipinski definition) is 3. The molecule has 2 heterocycles. The van der Waals surface area contributed by atoms with Crippen LogP contribution in [0.2, 0.25) is 0 Å². The second-order valence-corrected chi connectivity index (χ2v) is 4.11. The molecule has 0 aromatic carbocycles. The van der Waals surface area contributed by atoms with Crippen LogP contribution in [-0.2, 0) is 13.6 Å². The minimum Gasteiger partial charge on any atom is -0.394 e. The summed E-state index contributed by atoms with van der Waals surface area (Å²) < 4.78 is 1.73. The third-order valence-electron chi connectivity index (χ3n) is 2.46. The standard InChI is InChI=1S/C9H16N8/c1-5(2)8-7(10)9(17(3)14-8)11-4-6-12-15-16-13-6/h5,11H,4,10H2,1-3H3,(H,12,13,15,16). The van der Waals surface area contributed by atoms with E-state index in [0.717, 1.165) is 11.5 Å². The van der Waals surface area contributed by atoms with Crippen molar-refractivity contribution in [3.05, 3.63) is 11.5 Å². The van der Waals surface area contributed by atoms with Gasteiger partial charge in [-0.15, -0.1) is 10.2 Å². The summed E-state index contributed by atoms with van der Waals surface area (Å²) in [5.74, 6) is 1.65. The second kappa shape index (κ2) is 4.40. The molecule has 2 aromatic rings. The van der Waals surface area contributed by atoms with Gasteiger partial charge >= 0.3 is 0 Å². The molecule has 0 bridgehead atoms. The molecule has 92 valence electrons. The summed E-state index contributed by atoms with van der Waals surface area (Å²) in [5.41, 5.74) is 7.60. The highest BCUT2D eigenvalue weighted by Gasteiger charge is 2.15. The maximum absolute atomic E-state index is 6.03.